The Balaban J connectivity index is 1.69. The molecule has 2 aliphatic heterocycles. The summed E-state index contributed by atoms with van der Waals surface area (Å²) in [6, 6.07) is 0.676. The van der Waals surface area contributed by atoms with Crippen LogP contribution in [0.4, 0.5) is 5.82 Å². The van der Waals surface area contributed by atoms with E-state index in [9.17, 15) is 0 Å². The molecule has 5 heteroatoms. The summed E-state index contributed by atoms with van der Waals surface area (Å²) in [6.07, 6.45) is 7.27. The maximum Gasteiger partial charge on any atom is 0.171 e. The lowest BCUT2D eigenvalue weighted by Gasteiger charge is -2.24. The van der Waals surface area contributed by atoms with E-state index < -0.39 is 0 Å². The summed E-state index contributed by atoms with van der Waals surface area (Å²) in [5, 5.41) is 0.523. The molecule has 0 N–H and O–H groups in total. The lowest BCUT2D eigenvalue weighted by Crippen LogP contribution is -2.35. The van der Waals surface area contributed by atoms with Gasteiger partial charge in [0.25, 0.3) is 0 Å². The van der Waals surface area contributed by atoms with Crippen LogP contribution in [0.2, 0.25) is 5.15 Å². The molecule has 2 aliphatic rings. The Hall–Kier alpha value is -0.870. The number of nitrogens with zero attached hydrogens (tertiary/aromatic N) is 4. The van der Waals surface area contributed by atoms with Gasteiger partial charge in [-0.2, -0.15) is 0 Å². The Morgan fingerprint density at radius 1 is 1.12 bits per heavy atom. The number of anilines is 1. The van der Waals surface area contributed by atoms with Gasteiger partial charge in [0.1, 0.15) is 0 Å². The van der Waals surface area contributed by atoms with E-state index in [2.05, 4.69) is 19.8 Å². The molecule has 92 valence electrons. The van der Waals surface area contributed by atoms with Crippen LogP contribution in [-0.4, -0.2) is 47.1 Å². The second kappa shape index (κ2) is 4.78. The van der Waals surface area contributed by atoms with E-state index in [1.807, 2.05) is 0 Å². The molecule has 1 aromatic rings. The quantitative estimate of drug-likeness (QED) is 0.804. The van der Waals surface area contributed by atoms with Gasteiger partial charge in [0.05, 0.1) is 0 Å². The van der Waals surface area contributed by atoms with Gasteiger partial charge in [0.15, 0.2) is 11.0 Å². The molecule has 0 amide bonds. The second-order valence-electron chi connectivity index (χ2n) is 4.80. The van der Waals surface area contributed by atoms with Crippen LogP contribution in [0.25, 0.3) is 0 Å². The van der Waals surface area contributed by atoms with E-state index in [-0.39, 0.29) is 0 Å². The first-order chi connectivity index (χ1) is 8.34. The molecule has 0 aliphatic carbocycles. The highest BCUT2D eigenvalue weighted by Crippen LogP contribution is 2.27. The number of aromatic nitrogens is 2. The minimum atomic E-state index is 0.523. The zero-order valence-corrected chi connectivity index (χ0v) is 10.6. The van der Waals surface area contributed by atoms with Gasteiger partial charge in [0.2, 0.25) is 0 Å². The van der Waals surface area contributed by atoms with Crippen molar-refractivity contribution in [2.24, 2.45) is 0 Å². The monoisotopic (exact) mass is 252 g/mol. The predicted molar refractivity (Wildman–Crippen MR) is 68.5 cm³/mol. The number of hydrogen-bond donors (Lipinski definition) is 0. The number of hydrogen-bond acceptors (Lipinski definition) is 4. The van der Waals surface area contributed by atoms with Gasteiger partial charge in [-0.3, -0.25) is 4.90 Å². The van der Waals surface area contributed by atoms with Crippen LogP contribution >= 0.6 is 11.6 Å². The van der Waals surface area contributed by atoms with Crippen LogP contribution in [0.5, 0.6) is 0 Å². The van der Waals surface area contributed by atoms with Crippen molar-refractivity contribution in [3.8, 4) is 0 Å². The van der Waals surface area contributed by atoms with Crippen LogP contribution in [0.3, 0.4) is 0 Å². The molecule has 0 saturated carbocycles. The summed E-state index contributed by atoms with van der Waals surface area (Å²) in [5.41, 5.74) is 0. The molecule has 0 bridgehead atoms. The number of rotatable bonds is 2. The smallest absolute Gasteiger partial charge is 0.171 e. The molecule has 0 radical (unpaired) electrons. The minimum absolute atomic E-state index is 0.523. The Morgan fingerprint density at radius 2 is 1.88 bits per heavy atom. The first-order valence-corrected chi connectivity index (χ1v) is 6.68. The minimum Gasteiger partial charge on any atom is -0.352 e. The van der Waals surface area contributed by atoms with Crippen molar-refractivity contribution in [1.29, 1.82) is 0 Å². The molecular weight excluding hydrogens is 236 g/mol. The molecule has 3 heterocycles. The fraction of sp³-hybridized carbons (Fsp3) is 0.667. The molecule has 0 aromatic carbocycles. The number of halogens is 1. The topological polar surface area (TPSA) is 32.3 Å². The van der Waals surface area contributed by atoms with E-state index in [0.29, 0.717) is 11.2 Å². The third-order valence-electron chi connectivity index (χ3n) is 3.76. The fourth-order valence-corrected chi connectivity index (χ4v) is 3.09. The van der Waals surface area contributed by atoms with E-state index in [0.717, 1.165) is 18.9 Å². The van der Waals surface area contributed by atoms with Gasteiger partial charge in [-0.25, -0.2) is 9.97 Å². The van der Waals surface area contributed by atoms with Crippen molar-refractivity contribution >= 4 is 17.4 Å². The summed E-state index contributed by atoms with van der Waals surface area (Å²) in [5.74, 6) is 0.843. The van der Waals surface area contributed by atoms with Gasteiger partial charge < -0.3 is 4.90 Å². The fourth-order valence-electron chi connectivity index (χ4n) is 2.86. The van der Waals surface area contributed by atoms with Crippen molar-refractivity contribution in [3.63, 3.8) is 0 Å². The molecule has 2 fully saturated rings. The van der Waals surface area contributed by atoms with Crippen LogP contribution < -0.4 is 4.90 Å². The first kappa shape index (κ1) is 11.2. The van der Waals surface area contributed by atoms with Gasteiger partial charge in [-0.15, -0.1) is 0 Å². The predicted octanol–water partition coefficient (Wildman–Crippen LogP) is 1.80. The average molecular weight is 253 g/mol. The zero-order chi connectivity index (χ0) is 11.7. The van der Waals surface area contributed by atoms with E-state index in [1.54, 1.807) is 12.4 Å². The average Bonchev–Trinajstić information content (AvgIpc) is 3.00. The largest absolute Gasteiger partial charge is 0.352 e. The van der Waals surface area contributed by atoms with Crippen LogP contribution in [0.15, 0.2) is 12.4 Å². The SMILES string of the molecule is Clc1nccnc1N1CCC(N2CCCC2)C1. The van der Waals surface area contributed by atoms with Crippen LogP contribution in [0, 0.1) is 0 Å². The summed E-state index contributed by atoms with van der Waals surface area (Å²) in [4.78, 5) is 13.3. The van der Waals surface area contributed by atoms with Crippen molar-refractivity contribution in [3.05, 3.63) is 17.5 Å². The Labute approximate surface area is 107 Å². The molecule has 1 atom stereocenters. The molecule has 3 rings (SSSR count). The summed E-state index contributed by atoms with van der Waals surface area (Å²) in [6.45, 7) is 4.59. The summed E-state index contributed by atoms with van der Waals surface area (Å²) < 4.78 is 0. The van der Waals surface area contributed by atoms with Crippen molar-refractivity contribution in [2.45, 2.75) is 25.3 Å². The normalized spacial score (nSPS) is 25.7. The zero-order valence-electron chi connectivity index (χ0n) is 9.85. The third kappa shape index (κ3) is 2.24. The van der Waals surface area contributed by atoms with Crippen molar-refractivity contribution in [2.75, 3.05) is 31.1 Å². The first-order valence-electron chi connectivity index (χ1n) is 6.30. The summed E-state index contributed by atoms with van der Waals surface area (Å²) >= 11 is 6.08. The van der Waals surface area contributed by atoms with Gasteiger partial charge >= 0.3 is 0 Å². The Morgan fingerprint density at radius 3 is 2.65 bits per heavy atom. The Bertz CT molecular complexity index is 392. The van der Waals surface area contributed by atoms with E-state index in [4.69, 9.17) is 11.6 Å². The molecule has 0 spiro atoms. The molecule has 17 heavy (non-hydrogen) atoms. The van der Waals surface area contributed by atoms with Gasteiger partial charge in [-0.05, 0) is 32.4 Å². The van der Waals surface area contributed by atoms with Crippen LogP contribution in [0.1, 0.15) is 19.3 Å². The lowest BCUT2D eigenvalue weighted by atomic mass is 10.2. The maximum atomic E-state index is 6.08. The molecule has 1 aromatic heterocycles. The van der Waals surface area contributed by atoms with E-state index in [1.165, 1.54) is 32.4 Å². The highest BCUT2D eigenvalue weighted by Gasteiger charge is 2.30. The highest BCUT2D eigenvalue weighted by atomic mass is 35.5. The highest BCUT2D eigenvalue weighted by molar-refractivity contribution is 6.31. The van der Waals surface area contributed by atoms with Gasteiger partial charge in [0, 0.05) is 31.5 Å². The van der Waals surface area contributed by atoms with Crippen molar-refractivity contribution in [1.82, 2.24) is 14.9 Å². The molecule has 2 saturated heterocycles. The van der Waals surface area contributed by atoms with Gasteiger partial charge in [-0.1, -0.05) is 11.6 Å². The lowest BCUT2D eigenvalue weighted by molar-refractivity contribution is 0.260. The molecular formula is C12H17ClN4. The molecule has 1 unspecified atom stereocenters. The standard InChI is InChI=1S/C12H17ClN4/c13-11-12(15-5-4-14-11)17-8-3-10(9-17)16-6-1-2-7-16/h4-5,10H,1-3,6-9H2. The third-order valence-corrected chi connectivity index (χ3v) is 4.02. The molecule has 4 nitrogen and oxygen atoms in total. The van der Waals surface area contributed by atoms with Crippen LogP contribution in [-0.2, 0) is 0 Å². The number of likely N-dealkylation sites (tertiary alicyclic amines) is 1. The summed E-state index contributed by atoms with van der Waals surface area (Å²) in [7, 11) is 0. The Kier molecular flexibility index (Phi) is 3.16. The maximum absolute atomic E-state index is 6.08. The second-order valence-corrected chi connectivity index (χ2v) is 5.16. The van der Waals surface area contributed by atoms with E-state index >= 15 is 0 Å². The van der Waals surface area contributed by atoms with Crippen molar-refractivity contribution < 1.29 is 0 Å².